The Balaban J connectivity index is 1.76. The number of rotatable bonds is 5. The Labute approximate surface area is 115 Å². The van der Waals surface area contributed by atoms with Crippen molar-refractivity contribution < 1.29 is 14.3 Å². The van der Waals surface area contributed by atoms with Crippen LogP contribution in [0, 0.1) is 0 Å². The van der Waals surface area contributed by atoms with Crippen molar-refractivity contribution in [1.29, 1.82) is 0 Å². The number of carbonyl (C=O) groups excluding carboxylic acids is 1. The van der Waals surface area contributed by atoms with E-state index in [9.17, 15) is 4.79 Å². The Morgan fingerprint density at radius 3 is 2.56 bits per heavy atom. The summed E-state index contributed by atoms with van der Waals surface area (Å²) in [6, 6.07) is 7.42. The van der Waals surface area contributed by atoms with Crippen LogP contribution in [0.5, 0.6) is 11.5 Å². The maximum absolute atomic E-state index is 11.5. The fraction of sp³-hybridized carbons (Fsp3) is 0.462. The Kier molecular flexibility index (Phi) is 4.47. The van der Waals surface area contributed by atoms with E-state index in [1.807, 2.05) is 29.2 Å². The second-order valence-corrected chi connectivity index (χ2v) is 5.46. The van der Waals surface area contributed by atoms with Crippen molar-refractivity contribution in [2.75, 3.05) is 26.8 Å². The number of halogens is 1. The topological polar surface area (TPSA) is 38.8 Å². The van der Waals surface area contributed by atoms with Gasteiger partial charge in [0.2, 0.25) is 5.91 Å². The van der Waals surface area contributed by atoms with Gasteiger partial charge in [-0.3, -0.25) is 4.79 Å². The molecule has 0 saturated carbocycles. The van der Waals surface area contributed by atoms with Crippen molar-refractivity contribution in [2.45, 2.75) is 11.2 Å². The number of hydrogen-bond acceptors (Lipinski definition) is 3. The molecular formula is C13H16BrNO3. The Morgan fingerprint density at radius 1 is 1.33 bits per heavy atom. The fourth-order valence-corrected chi connectivity index (χ4v) is 2.51. The molecule has 2 rings (SSSR count). The van der Waals surface area contributed by atoms with Crippen LogP contribution in [0.4, 0.5) is 0 Å². The summed E-state index contributed by atoms with van der Waals surface area (Å²) in [5.74, 6) is 1.78. The number of ether oxygens (including phenoxy) is 2. The number of alkyl halides is 1. The molecule has 1 aromatic rings. The predicted octanol–water partition coefficient (Wildman–Crippen LogP) is 2.07. The second-order valence-electron chi connectivity index (χ2n) is 4.17. The van der Waals surface area contributed by atoms with Gasteiger partial charge < -0.3 is 14.4 Å². The van der Waals surface area contributed by atoms with Crippen molar-refractivity contribution in [2.24, 2.45) is 0 Å². The number of likely N-dealkylation sites (tertiary alicyclic amines) is 1. The summed E-state index contributed by atoms with van der Waals surface area (Å²) < 4.78 is 10.7. The molecule has 0 aromatic heterocycles. The van der Waals surface area contributed by atoms with Crippen LogP contribution >= 0.6 is 15.9 Å². The lowest BCUT2D eigenvalue weighted by Gasteiger charge is -2.16. The van der Waals surface area contributed by atoms with E-state index >= 15 is 0 Å². The molecule has 4 nitrogen and oxygen atoms in total. The largest absolute Gasteiger partial charge is 0.497 e. The van der Waals surface area contributed by atoms with E-state index in [4.69, 9.17) is 9.47 Å². The van der Waals surface area contributed by atoms with Crippen LogP contribution in [-0.2, 0) is 4.79 Å². The molecule has 1 fully saturated rings. The first-order chi connectivity index (χ1) is 8.69. The van der Waals surface area contributed by atoms with E-state index < -0.39 is 0 Å². The lowest BCUT2D eigenvalue weighted by molar-refractivity contribution is -0.127. The number of methoxy groups -OCH3 is 1. The molecule has 1 aliphatic rings. The second kappa shape index (κ2) is 6.09. The Bertz CT molecular complexity index is 407. The van der Waals surface area contributed by atoms with Crippen LogP contribution in [-0.4, -0.2) is 42.4 Å². The zero-order chi connectivity index (χ0) is 13.0. The van der Waals surface area contributed by atoms with Crippen LogP contribution < -0.4 is 9.47 Å². The summed E-state index contributed by atoms with van der Waals surface area (Å²) in [5, 5.41) is 0. The van der Waals surface area contributed by atoms with Gasteiger partial charge in [-0.1, -0.05) is 15.9 Å². The van der Waals surface area contributed by atoms with Gasteiger partial charge in [0, 0.05) is 17.8 Å². The van der Waals surface area contributed by atoms with Crippen molar-refractivity contribution in [3.63, 3.8) is 0 Å². The molecule has 1 saturated heterocycles. The average molecular weight is 314 g/mol. The van der Waals surface area contributed by atoms with Crippen molar-refractivity contribution in [3.8, 4) is 11.5 Å². The summed E-state index contributed by atoms with van der Waals surface area (Å²) in [5.41, 5.74) is 0. The molecule has 1 atom stereocenters. The third-order valence-electron chi connectivity index (χ3n) is 2.86. The van der Waals surface area contributed by atoms with Crippen LogP contribution in [0.2, 0.25) is 0 Å². The number of carbonyl (C=O) groups is 1. The van der Waals surface area contributed by atoms with Crippen LogP contribution in [0.3, 0.4) is 0 Å². The van der Waals surface area contributed by atoms with E-state index in [2.05, 4.69) is 15.9 Å². The Morgan fingerprint density at radius 2 is 2.00 bits per heavy atom. The zero-order valence-corrected chi connectivity index (χ0v) is 11.9. The number of nitrogens with zero attached hydrogens (tertiary/aromatic N) is 1. The molecule has 0 bridgehead atoms. The molecule has 18 heavy (non-hydrogen) atoms. The molecule has 0 aliphatic carbocycles. The molecule has 1 aliphatic heterocycles. The van der Waals surface area contributed by atoms with Crippen molar-refractivity contribution in [1.82, 2.24) is 4.90 Å². The number of benzene rings is 1. The van der Waals surface area contributed by atoms with Gasteiger partial charge in [0.25, 0.3) is 0 Å². The van der Waals surface area contributed by atoms with Gasteiger partial charge in [-0.05, 0) is 24.3 Å². The molecule has 1 amide bonds. The predicted molar refractivity (Wildman–Crippen MR) is 72.4 cm³/mol. The van der Waals surface area contributed by atoms with Crippen molar-refractivity contribution >= 4 is 21.8 Å². The minimum absolute atomic E-state index is 0.190. The minimum Gasteiger partial charge on any atom is -0.497 e. The highest BCUT2D eigenvalue weighted by atomic mass is 79.9. The standard InChI is InChI=1S/C13H16BrNO3/c1-17-11-2-4-12(5-3-11)18-7-6-15-9-10(14)8-13(15)16/h2-5,10H,6-9H2,1H3. The highest BCUT2D eigenvalue weighted by Crippen LogP contribution is 2.19. The monoisotopic (exact) mass is 313 g/mol. The van der Waals surface area contributed by atoms with E-state index in [1.165, 1.54) is 0 Å². The van der Waals surface area contributed by atoms with E-state index in [1.54, 1.807) is 7.11 Å². The highest BCUT2D eigenvalue weighted by molar-refractivity contribution is 9.09. The highest BCUT2D eigenvalue weighted by Gasteiger charge is 2.27. The minimum atomic E-state index is 0.190. The SMILES string of the molecule is COc1ccc(OCCN2CC(Br)CC2=O)cc1. The maximum Gasteiger partial charge on any atom is 0.223 e. The zero-order valence-electron chi connectivity index (χ0n) is 10.3. The molecule has 0 spiro atoms. The van der Waals surface area contributed by atoms with E-state index in [0.717, 1.165) is 18.0 Å². The maximum atomic E-state index is 11.5. The fourth-order valence-electron chi connectivity index (χ4n) is 1.89. The molecule has 98 valence electrons. The van der Waals surface area contributed by atoms with Gasteiger partial charge in [-0.15, -0.1) is 0 Å². The number of amides is 1. The quantitative estimate of drug-likeness (QED) is 0.781. The lowest BCUT2D eigenvalue weighted by Crippen LogP contribution is -2.29. The van der Waals surface area contributed by atoms with Gasteiger partial charge in [0.1, 0.15) is 18.1 Å². The smallest absolute Gasteiger partial charge is 0.223 e. The molecule has 0 N–H and O–H groups in total. The third kappa shape index (κ3) is 3.38. The first kappa shape index (κ1) is 13.2. The lowest BCUT2D eigenvalue weighted by atomic mass is 10.3. The van der Waals surface area contributed by atoms with Gasteiger partial charge in [-0.2, -0.15) is 0 Å². The molecule has 1 unspecified atom stereocenters. The summed E-state index contributed by atoms with van der Waals surface area (Å²) in [4.78, 5) is 13.6. The van der Waals surface area contributed by atoms with E-state index in [-0.39, 0.29) is 10.7 Å². The average Bonchev–Trinajstić information content (AvgIpc) is 2.69. The van der Waals surface area contributed by atoms with Gasteiger partial charge >= 0.3 is 0 Å². The summed E-state index contributed by atoms with van der Waals surface area (Å²) >= 11 is 3.45. The molecule has 5 heteroatoms. The summed E-state index contributed by atoms with van der Waals surface area (Å²) in [6.07, 6.45) is 0.586. The van der Waals surface area contributed by atoms with Crippen LogP contribution in [0.15, 0.2) is 24.3 Å². The van der Waals surface area contributed by atoms with Crippen molar-refractivity contribution in [3.05, 3.63) is 24.3 Å². The van der Waals surface area contributed by atoms with Gasteiger partial charge in [0.15, 0.2) is 0 Å². The van der Waals surface area contributed by atoms with E-state index in [0.29, 0.717) is 19.6 Å². The summed E-state index contributed by atoms with van der Waals surface area (Å²) in [7, 11) is 1.63. The first-order valence-corrected chi connectivity index (χ1v) is 6.79. The summed E-state index contributed by atoms with van der Waals surface area (Å²) in [6.45, 7) is 1.91. The first-order valence-electron chi connectivity index (χ1n) is 5.87. The third-order valence-corrected chi connectivity index (χ3v) is 3.47. The molecule has 1 heterocycles. The van der Waals surface area contributed by atoms with Crippen LogP contribution in [0.25, 0.3) is 0 Å². The molecule has 1 aromatic carbocycles. The molecular weight excluding hydrogens is 298 g/mol. The Hall–Kier alpha value is -1.23. The van der Waals surface area contributed by atoms with Gasteiger partial charge in [0.05, 0.1) is 13.7 Å². The van der Waals surface area contributed by atoms with Crippen LogP contribution in [0.1, 0.15) is 6.42 Å². The molecule has 0 radical (unpaired) electrons. The normalized spacial score (nSPS) is 19.1. The van der Waals surface area contributed by atoms with Gasteiger partial charge in [-0.25, -0.2) is 0 Å². The number of hydrogen-bond donors (Lipinski definition) is 0.